The Morgan fingerprint density at radius 1 is 0.900 bits per heavy atom. The van der Waals surface area contributed by atoms with Crippen molar-refractivity contribution in [2.24, 2.45) is 0 Å². The molecule has 0 radical (unpaired) electrons. The third-order valence-corrected chi connectivity index (χ3v) is 18.3. The van der Waals surface area contributed by atoms with E-state index in [1.165, 1.54) is 9.49 Å². The van der Waals surface area contributed by atoms with Crippen LogP contribution in [0.25, 0.3) is 0 Å². The van der Waals surface area contributed by atoms with E-state index in [0.717, 1.165) is 10.8 Å². The molecule has 0 unspecified atom stereocenters. The normalized spacial score (nSPS) is 23.2. The number of hydrogen-bond donors (Lipinski definition) is 2. The van der Waals surface area contributed by atoms with Gasteiger partial charge in [0.1, 0.15) is 0 Å². The SMILES string of the molecule is C=CC[C@H](O)[C@H]1[C@@H](O)[C@H]([Si](C)(C)c2ccccc2)[C@@H](C[Si](C)(C)c2ccccc2)N1S(=O)(=O)c1ccc(C)cc1. The van der Waals surface area contributed by atoms with Crippen LogP contribution in [0.4, 0.5) is 0 Å². The van der Waals surface area contributed by atoms with Gasteiger partial charge in [-0.1, -0.05) is 121 Å². The highest BCUT2D eigenvalue weighted by Gasteiger charge is 2.61. The van der Waals surface area contributed by atoms with Crippen LogP contribution in [0.2, 0.25) is 37.8 Å². The molecule has 40 heavy (non-hydrogen) atoms. The average Bonchev–Trinajstić information content (AvgIpc) is 3.22. The molecule has 1 saturated heterocycles. The molecule has 1 heterocycles. The quantitative estimate of drug-likeness (QED) is 0.265. The third-order valence-electron chi connectivity index (χ3n) is 8.78. The van der Waals surface area contributed by atoms with Crippen molar-refractivity contribution >= 4 is 36.5 Å². The van der Waals surface area contributed by atoms with Gasteiger partial charge in [0.05, 0.1) is 39.3 Å². The van der Waals surface area contributed by atoms with Crippen molar-refractivity contribution < 1.29 is 18.6 Å². The van der Waals surface area contributed by atoms with Crippen LogP contribution in [0, 0.1) is 6.92 Å². The second-order valence-electron chi connectivity index (χ2n) is 12.4. The van der Waals surface area contributed by atoms with Gasteiger partial charge in [-0.15, -0.1) is 6.58 Å². The average molecular weight is 594 g/mol. The predicted octanol–water partition coefficient (Wildman–Crippen LogP) is 4.64. The number of nitrogens with zero attached hydrogens (tertiary/aromatic N) is 1. The van der Waals surface area contributed by atoms with Crippen LogP contribution in [-0.2, 0) is 10.0 Å². The Labute approximate surface area is 242 Å². The minimum absolute atomic E-state index is 0.185. The van der Waals surface area contributed by atoms with Crippen LogP contribution >= 0.6 is 0 Å². The maximum absolute atomic E-state index is 14.6. The zero-order valence-corrected chi connectivity index (χ0v) is 27.1. The van der Waals surface area contributed by atoms with Crippen molar-refractivity contribution in [2.45, 2.75) is 80.3 Å². The molecule has 0 aliphatic carbocycles. The maximum Gasteiger partial charge on any atom is 0.243 e. The van der Waals surface area contributed by atoms with Crippen LogP contribution in [0.5, 0.6) is 0 Å². The van der Waals surface area contributed by atoms with Crippen LogP contribution < -0.4 is 10.4 Å². The molecule has 1 aliphatic heterocycles. The van der Waals surface area contributed by atoms with E-state index in [9.17, 15) is 18.6 Å². The first-order valence-electron chi connectivity index (χ1n) is 14.0. The molecule has 1 aliphatic rings. The lowest BCUT2D eigenvalue weighted by atomic mass is 10.0. The molecule has 3 aromatic carbocycles. The Balaban J connectivity index is 1.94. The van der Waals surface area contributed by atoms with Crippen LogP contribution in [0.3, 0.4) is 0 Å². The molecular weight excluding hydrogens is 551 g/mol. The highest BCUT2D eigenvalue weighted by Crippen LogP contribution is 2.48. The van der Waals surface area contributed by atoms with Gasteiger partial charge in [0.2, 0.25) is 10.0 Å². The molecule has 0 amide bonds. The van der Waals surface area contributed by atoms with Gasteiger partial charge >= 0.3 is 0 Å². The van der Waals surface area contributed by atoms with E-state index >= 15 is 0 Å². The van der Waals surface area contributed by atoms with E-state index in [1.54, 1.807) is 30.3 Å². The number of hydrogen-bond acceptors (Lipinski definition) is 4. The number of rotatable bonds is 10. The Morgan fingerprint density at radius 3 is 1.95 bits per heavy atom. The Morgan fingerprint density at radius 2 is 1.43 bits per heavy atom. The molecule has 5 nitrogen and oxygen atoms in total. The molecule has 0 saturated carbocycles. The summed E-state index contributed by atoms with van der Waals surface area (Å²) < 4.78 is 30.6. The molecule has 5 atom stereocenters. The topological polar surface area (TPSA) is 77.8 Å². The fourth-order valence-electron chi connectivity index (χ4n) is 6.56. The van der Waals surface area contributed by atoms with E-state index in [-0.39, 0.29) is 16.9 Å². The Kier molecular flexibility index (Phi) is 9.09. The Bertz CT molecular complexity index is 1400. The number of aliphatic hydroxyl groups is 2. The van der Waals surface area contributed by atoms with Gasteiger partial charge in [-0.05, 0) is 31.5 Å². The summed E-state index contributed by atoms with van der Waals surface area (Å²) in [5.41, 5.74) is 0.642. The summed E-state index contributed by atoms with van der Waals surface area (Å²) >= 11 is 0. The predicted molar refractivity (Wildman–Crippen MR) is 170 cm³/mol. The van der Waals surface area contributed by atoms with Gasteiger partial charge in [-0.3, -0.25) is 0 Å². The van der Waals surface area contributed by atoms with Crippen LogP contribution in [0.15, 0.2) is 102 Å². The van der Waals surface area contributed by atoms with Crippen LogP contribution in [-0.4, -0.2) is 63.4 Å². The van der Waals surface area contributed by atoms with Gasteiger partial charge < -0.3 is 10.2 Å². The largest absolute Gasteiger partial charge is 0.391 e. The second kappa shape index (κ2) is 11.9. The van der Waals surface area contributed by atoms with E-state index < -0.39 is 50.5 Å². The van der Waals surface area contributed by atoms with Crippen molar-refractivity contribution in [2.75, 3.05) is 0 Å². The lowest BCUT2D eigenvalue weighted by Gasteiger charge is -2.40. The minimum Gasteiger partial charge on any atom is -0.391 e. The fourth-order valence-corrected chi connectivity index (χ4v) is 15.5. The number of aryl methyl sites for hydroxylation is 1. The van der Waals surface area contributed by atoms with Crippen molar-refractivity contribution in [1.29, 1.82) is 0 Å². The van der Waals surface area contributed by atoms with Crippen molar-refractivity contribution in [1.82, 2.24) is 4.31 Å². The number of aliphatic hydroxyl groups excluding tert-OH is 2. The highest BCUT2D eigenvalue weighted by molar-refractivity contribution is 7.89. The lowest BCUT2D eigenvalue weighted by Crippen LogP contribution is -2.56. The van der Waals surface area contributed by atoms with E-state index in [0.29, 0.717) is 6.04 Å². The third kappa shape index (κ3) is 5.84. The molecule has 0 aromatic heterocycles. The Hall–Kier alpha value is -2.34. The second-order valence-corrected chi connectivity index (χ2v) is 23.6. The van der Waals surface area contributed by atoms with Gasteiger partial charge in [0, 0.05) is 11.6 Å². The van der Waals surface area contributed by atoms with Crippen molar-refractivity contribution in [3.05, 3.63) is 103 Å². The standard InChI is InChI=1S/C32H43NO4SSi2/c1-7-14-29(34)30-31(35)32(40(5,6)27-17-12-9-13-18-27)28(23-39(3,4)26-15-10-8-11-16-26)33(30)38(36,37)25-21-19-24(2)20-22-25/h7-13,15-22,28-32,34-35H,1,14,23H2,2-6H3/t28-,29+,30+,31-,32-/m1/s1. The minimum atomic E-state index is -4.06. The van der Waals surface area contributed by atoms with Crippen LogP contribution in [0.1, 0.15) is 12.0 Å². The van der Waals surface area contributed by atoms with Gasteiger partial charge in [0.25, 0.3) is 0 Å². The van der Waals surface area contributed by atoms with Crippen molar-refractivity contribution in [3.63, 3.8) is 0 Å². The zero-order chi connectivity index (χ0) is 29.3. The maximum atomic E-state index is 14.6. The highest BCUT2D eigenvalue weighted by atomic mass is 32.2. The zero-order valence-electron chi connectivity index (χ0n) is 24.2. The summed E-state index contributed by atoms with van der Waals surface area (Å²) in [6, 6.07) is 26.6. The summed E-state index contributed by atoms with van der Waals surface area (Å²) in [7, 11) is -8.75. The first-order valence-corrected chi connectivity index (χ1v) is 21.7. The molecule has 0 spiro atoms. The molecule has 1 fully saturated rings. The molecule has 0 bridgehead atoms. The van der Waals surface area contributed by atoms with Gasteiger partial charge in [-0.25, -0.2) is 8.42 Å². The number of sulfonamides is 1. The summed E-state index contributed by atoms with van der Waals surface area (Å²) in [6.45, 7) is 14.7. The first kappa shape index (κ1) is 30.6. The summed E-state index contributed by atoms with van der Waals surface area (Å²) in [6.07, 6.45) is -0.322. The fraction of sp³-hybridized carbons (Fsp3) is 0.375. The number of benzene rings is 3. The van der Waals surface area contributed by atoms with Gasteiger partial charge in [-0.2, -0.15) is 4.31 Å². The molecule has 214 valence electrons. The summed E-state index contributed by atoms with van der Waals surface area (Å²) in [5, 5.41) is 26.0. The summed E-state index contributed by atoms with van der Waals surface area (Å²) in [4.78, 5) is 0.185. The van der Waals surface area contributed by atoms with E-state index in [2.05, 4.69) is 57.0 Å². The molecule has 8 heteroatoms. The van der Waals surface area contributed by atoms with Crippen molar-refractivity contribution in [3.8, 4) is 0 Å². The summed E-state index contributed by atoms with van der Waals surface area (Å²) in [5.74, 6) is 0. The molecular formula is C32H43NO4SSi2. The monoisotopic (exact) mass is 593 g/mol. The molecule has 3 aromatic rings. The molecule has 2 N–H and O–H groups in total. The smallest absolute Gasteiger partial charge is 0.243 e. The van der Waals surface area contributed by atoms with Gasteiger partial charge in [0.15, 0.2) is 0 Å². The van der Waals surface area contributed by atoms with E-state index in [4.69, 9.17) is 0 Å². The lowest BCUT2D eigenvalue weighted by molar-refractivity contribution is 0.0393. The van der Waals surface area contributed by atoms with E-state index in [1.807, 2.05) is 43.3 Å². The first-order chi connectivity index (χ1) is 18.8. The molecule has 4 rings (SSSR count).